The molecule has 1 aliphatic heterocycles. The first-order chi connectivity index (χ1) is 8.38. The van der Waals surface area contributed by atoms with Gasteiger partial charge in [-0.25, -0.2) is 0 Å². The first-order valence-electron chi connectivity index (χ1n) is 5.57. The number of nitrogen functional groups attached to an aromatic ring is 1. The fourth-order valence-electron chi connectivity index (χ4n) is 2.08. The molecule has 2 N–H and O–H groups in total. The zero-order chi connectivity index (χ0) is 13.3. The predicted octanol–water partition coefficient (Wildman–Crippen LogP) is 1.83. The number of anilines is 1. The summed E-state index contributed by atoms with van der Waals surface area (Å²) in [6, 6.07) is 7.25. The first kappa shape index (κ1) is 12.7. The molecule has 1 fully saturated rings. The number of carbonyl (C=O) groups is 1. The van der Waals surface area contributed by atoms with Crippen molar-refractivity contribution in [3.8, 4) is 0 Å². The highest BCUT2D eigenvalue weighted by atomic mass is 19.4. The zero-order valence-corrected chi connectivity index (χ0v) is 9.57. The number of para-hydroxylation sites is 1. The number of rotatable bonds is 2. The summed E-state index contributed by atoms with van der Waals surface area (Å²) >= 11 is 0. The third-order valence-corrected chi connectivity index (χ3v) is 3.05. The number of nitrogens with zero attached hydrogens (tertiary/aromatic N) is 1. The number of nitrogens with two attached hydrogens (primary N) is 1. The minimum absolute atomic E-state index is 0.0565. The van der Waals surface area contributed by atoms with Crippen molar-refractivity contribution in [1.82, 2.24) is 4.90 Å². The van der Waals surface area contributed by atoms with E-state index < -0.39 is 12.1 Å². The normalized spacial score (nSPS) is 16.5. The second kappa shape index (κ2) is 4.51. The molecule has 18 heavy (non-hydrogen) atoms. The van der Waals surface area contributed by atoms with E-state index in [1.54, 1.807) is 12.1 Å². The Morgan fingerprint density at radius 1 is 1.33 bits per heavy atom. The molecule has 1 amide bonds. The lowest BCUT2D eigenvalue weighted by atomic mass is 9.91. The lowest BCUT2D eigenvalue weighted by Gasteiger charge is -2.39. The van der Waals surface area contributed by atoms with Gasteiger partial charge in [-0.3, -0.25) is 4.79 Å². The molecule has 0 aromatic heterocycles. The van der Waals surface area contributed by atoms with E-state index in [9.17, 15) is 18.0 Å². The van der Waals surface area contributed by atoms with Gasteiger partial charge in [0.15, 0.2) is 0 Å². The van der Waals surface area contributed by atoms with Gasteiger partial charge in [0, 0.05) is 18.8 Å². The number of hydrogen-bond donors (Lipinski definition) is 1. The second-order valence-electron chi connectivity index (χ2n) is 4.48. The van der Waals surface area contributed by atoms with Crippen LogP contribution in [0.25, 0.3) is 0 Å². The van der Waals surface area contributed by atoms with Crippen LogP contribution in [0, 0.1) is 5.92 Å². The molecule has 6 heteroatoms. The molecule has 1 aromatic carbocycles. The van der Waals surface area contributed by atoms with Crippen LogP contribution < -0.4 is 5.73 Å². The Bertz CT molecular complexity index is 453. The maximum Gasteiger partial charge on any atom is 0.471 e. The molecule has 0 aliphatic carbocycles. The fourth-order valence-corrected chi connectivity index (χ4v) is 2.08. The van der Waals surface area contributed by atoms with Crippen molar-refractivity contribution in [2.45, 2.75) is 12.6 Å². The van der Waals surface area contributed by atoms with Crippen molar-refractivity contribution in [2.75, 3.05) is 18.8 Å². The SMILES string of the molecule is Nc1ccccc1CC1CN(C(=O)C(F)(F)F)C1. The quantitative estimate of drug-likeness (QED) is 0.823. The van der Waals surface area contributed by atoms with Crippen LogP contribution in [-0.4, -0.2) is 30.1 Å². The largest absolute Gasteiger partial charge is 0.471 e. The van der Waals surface area contributed by atoms with Crippen LogP contribution in [0.15, 0.2) is 24.3 Å². The highest BCUT2D eigenvalue weighted by molar-refractivity contribution is 5.82. The van der Waals surface area contributed by atoms with Crippen LogP contribution in [0.2, 0.25) is 0 Å². The van der Waals surface area contributed by atoms with Gasteiger partial charge in [0.2, 0.25) is 0 Å². The van der Waals surface area contributed by atoms with E-state index in [1.165, 1.54) is 0 Å². The van der Waals surface area contributed by atoms with Crippen molar-refractivity contribution < 1.29 is 18.0 Å². The molecule has 0 unspecified atom stereocenters. The number of carbonyl (C=O) groups excluding carboxylic acids is 1. The van der Waals surface area contributed by atoms with Crippen LogP contribution >= 0.6 is 0 Å². The Morgan fingerprint density at radius 2 is 1.94 bits per heavy atom. The van der Waals surface area contributed by atoms with Crippen LogP contribution in [0.4, 0.5) is 18.9 Å². The zero-order valence-electron chi connectivity index (χ0n) is 9.57. The van der Waals surface area contributed by atoms with Gasteiger partial charge in [-0.15, -0.1) is 0 Å². The minimum Gasteiger partial charge on any atom is -0.399 e. The maximum absolute atomic E-state index is 12.1. The summed E-state index contributed by atoms with van der Waals surface area (Å²) in [4.78, 5) is 11.7. The third-order valence-electron chi connectivity index (χ3n) is 3.05. The predicted molar refractivity (Wildman–Crippen MR) is 60.7 cm³/mol. The van der Waals surface area contributed by atoms with Crippen molar-refractivity contribution in [3.05, 3.63) is 29.8 Å². The van der Waals surface area contributed by atoms with E-state index in [-0.39, 0.29) is 19.0 Å². The Kier molecular flexibility index (Phi) is 3.19. The van der Waals surface area contributed by atoms with Gasteiger partial charge in [0.05, 0.1) is 0 Å². The van der Waals surface area contributed by atoms with Crippen LogP contribution in [-0.2, 0) is 11.2 Å². The Hall–Kier alpha value is -1.72. The monoisotopic (exact) mass is 258 g/mol. The van der Waals surface area contributed by atoms with Gasteiger partial charge < -0.3 is 10.6 Å². The lowest BCUT2D eigenvalue weighted by Crippen LogP contribution is -2.54. The maximum atomic E-state index is 12.1. The summed E-state index contributed by atoms with van der Waals surface area (Å²) in [7, 11) is 0. The molecule has 3 nitrogen and oxygen atoms in total. The summed E-state index contributed by atoms with van der Waals surface area (Å²) < 4.78 is 36.4. The van der Waals surface area contributed by atoms with Crippen molar-refractivity contribution in [3.63, 3.8) is 0 Å². The van der Waals surface area contributed by atoms with Crippen molar-refractivity contribution in [1.29, 1.82) is 0 Å². The van der Waals surface area contributed by atoms with Gasteiger partial charge in [-0.2, -0.15) is 13.2 Å². The third kappa shape index (κ3) is 2.57. The van der Waals surface area contributed by atoms with Gasteiger partial charge in [0.1, 0.15) is 0 Å². The van der Waals surface area contributed by atoms with E-state index in [0.717, 1.165) is 10.5 Å². The van der Waals surface area contributed by atoms with Gasteiger partial charge in [-0.05, 0) is 24.0 Å². The molecule has 0 bridgehead atoms. The summed E-state index contributed by atoms with van der Waals surface area (Å²) in [6.07, 6.45) is -4.16. The highest BCUT2D eigenvalue weighted by Crippen LogP contribution is 2.27. The molecular formula is C12H13F3N2O. The number of benzene rings is 1. The van der Waals surface area contributed by atoms with Gasteiger partial charge >= 0.3 is 12.1 Å². The summed E-state index contributed by atoms with van der Waals surface area (Å²) in [5.74, 6) is -1.69. The van der Waals surface area contributed by atoms with Gasteiger partial charge in [0.25, 0.3) is 0 Å². The molecule has 2 rings (SSSR count). The Labute approximate surface area is 102 Å². The van der Waals surface area contributed by atoms with E-state index in [2.05, 4.69) is 0 Å². The first-order valence-corrected chi connectivity index (χ1v) is 5.57. The number of alkyl halides is 3. The topological polar surface area (TPSA) is 46.3 Å². The number of likely N-dealkylation sites (tertiary alicyclic amines) is 1. The molecule has 0 radical (unpaired) electrons. The summed E-state index contributed by atoms with van der Waals surface area (Å²) in [6.45, 7) is 0.291. The van der Waals surface area contributed by atoms with Crippen LogP contribution in [0.5, 0.6) is 0 Å². The standard InChI is InChI=1S/C12H13F3N2O/c13-12(14,15)11(18)17-6-8(7-17)5-9-3-1-2-4-10(9)16/h1-4,8H,5-7,16H2. The number of halogens is 3. The van der Waals surface area contributed by atoms with Crippen LogP contribution in [0.3, 0.4) is 0 Å². The molecule has 0 saturated carbocycles. The molecule has 1 heterocycles. The van der Waals surface area contributed by atoms with Crippen LogP contribution in [0.1, 0.15) is 5.56 Å². The average Bonchev–Trinajstić information content (AvgIpc) is 2.23. The van der Waals surface area contributed by atoms with E-state index in [4.69, 9.17) is 5.73 Å². The van der Waals surface area contributed by atoms with E-state index in [1.807, 2.05) is 12.1 Å². The molecule has 0 spiro atoms. The molecule has 1 aromatic rings. The lowest BCUT2D eigenvalue weighted by molar-refractivity contribution is -0.191. The van der Waals surface area contributed by atoms with Crippen molar-refractivity contribution >= 4 is 11.6 Å². The molecular weight excluding hydrogens is 245 g/mol. The van der Waals surface area contributed by atoms with E-state index in [0.29, 0.717) is 12.1 Å². The Morgan fingerprint density at radius 3 is 2.50 bits per heavy atom. The minimum atomic E-state index is -4.77. The molecule has 1 aliphatic rings. The average molecular weight is 258 g/mol. The fraction of sp³-hybridized carbons (Fsp3) is 0.417. The molecule has 1 saturated heterocycles. The second-order valence-corrected chi connectivity index (χ2v) is 4.48. The number of hydrogen-bond acceptors (Lipinski definition) is 2. The summed E-state index contributed by atoms with van der Waals surface area (Å²) in [5, 5.41) is 0. The highest BCUT2D eigenvalue weighted by Gasteiger charge is 2.46. The Balaban J connectivity index is 1.88. The summed E-state index contributed by atoms with van der Waals surface area (Å²) in [5.41, 5.74) is 7.31. The smallest absolute Gasteiger partial charge is 0.399 e. The van der Waals surface area contributed by atoms with Crippen molar-refractivity contribution in [2.24, 2.45) is 5.92 Å². The molecule has 98 valence electrons. The molecule has 0 atom stereocenters. The van der Waals surface area contributed by atoms with Gasteiger partial charge in [-0.1, -0.05) is 18.2 Å². The van der Waals surface area contributed by atoms with E-state index >= 15 is 0 Å². The number of amides is 1.